The van der Waals surface area contributed by atoms with Crippen LogP contribution in [0.2, 0.25) is 5.02 Å². The van der Waals surface area contributed by atoms with Gasteiger partial charge in [0.05, 0.1) is 35.0 Å². The highest BCUT2D eigenvalue weighted by atomic mass is 35.5. The minimum Gasteiger partial charge on any atom is -0.490 e. The van der Waals surface area contributed by atoms with Crippen molar-refractivity contribution in [3.05, 3.63) is 58.6 Å². The van der Waals surface area contributed by atoms with Gasteiger partial charge in [-0.2, -0.15) is 0 Å². The Morgan fingerprint density at radius 2 is 1.92 bits per heavy atom. The van der Waals surface area contributed by atoms with Gasteiger partial charge in [-0.1, -0.05) is 11.6 Å². The topological polar surface area (TPSA) is 78.9 Å². The Labute approximate surface area is 218 Å². The number of esters is 1. The number of benzene rings is 2. The van der Waals surface area contributed by atoms with Crippen molar-refractivity contribution in [2.75, 3.05) is 25.6 Å². The van der Waals surface area contributed by atoms with E-state index in [9.17, 15) is 17.6 Å². The van der Waals surface area contributed by atoms with Crippen molar-refractivity contribution in [3.63, 3.8) is 0 Å². The molecule has 2 aromatic rings. The Kier molecular flexibility index (Phi) is 8.19. The van der Waals surface area contributed by atoms with Gasteiger partial charge in [0.2, 0.25) is 0 Å². The SMILES string of the molecule is CCOC(=O)C(C)SCC[C@@H]1OCC[C@@]2(S(=O)(=O)c3ccc(Cl)cc3)c3c(F)ccc(F)c3OC[C@@H]12. The summed E-state index contributed by atoms with van der Waals surface area (Å²) in [5.74, 6) is -2.73. The normalized spacial score (nSPS) is 24.2. The first-order valence-corrected chi connectivity index (χ1v) is 14.6. The Bertz CT molecular complexity index is 1220. The van der Waals surface area contributed by atoms with Gasteiger partial charge in [0, 0.05) is 17.5 Å². The van der Waals surface area contributed by atoms with Crippen LogP contribution in [0.5, 0.6) is 5.75 Å². The van der Waals surface area contributed by atoms with Crippen LogP contribution in [-0.4, -0.2) is 51.3 Å². The molecule has 0 radical (unpaired) electrons. The van der Waals surface area contributed by atoms with Crippen molar-refractivity contribution in [1.82, 2.24) is 0 Å². The quantitative estimate of drug-likeness (QED) is 0.413. The maximum atomic E-state index is 15.4. The highest BCUT2D eigenvalue weighted by molar-refractivity contribution is 8.00. The number of hydrogen-bond acceptors (Lipinski definition) is 7. The fourth-order valence-electron chi connectivity index (χ4n) is 5.02. The van der Waals surface area contributed by atoms with Crippen LogP contribution >= 0.6 is 23.4 Å². The first kappa shape index (κ1) is 27.2. The van der Waals surface area contributed by atoms with Crippen LogP contribution in [-0.2, 0) is 28.9 Å². The van der Waals surface area contributed by atoms with Crippen molar-refractivity contribution in [2.24, 2.45) is 5.92 Å². The monoisotopic (exact) mass is 560 g/mol. The molecule has 2 aliphatic heterocycles. The summed E-state index contributed by atoms with van der Waals surface area (Å²) in [6, 6.07) is 7.51. The van der Waals surface area contributed by atoms with Gasteiger partial charge in [0.1, 0.15) is 10.6 Å². The number of rotatable bonds is 8. The predicted octanol–water partition coefficient (Wildman–Crippen LogP) is 5.16. The Morgan fingerprint density at radius 3 is 2.61 bits per heavy atom. The second kappa shape index (κ2) is 10.8. The van der Waals surface area contributed by atoms with E-state index in [0.717, 1.165) is 12.1 Å². The average molecular weight is 561 g/mol. The van der Waals surface area contributed by atoms with E-state index in [4.69, 9.17) is 25.8 Å². The molecule has 0 amide bonds. The maximum absolute atomic E-state index is 15.4. The average Bonchev–Trinajstić information content (AvgIpc) is 2.86. The third-order valence-electron chi connectivity index (χ3n) is 6.73. The van der Waals surface area contributed by atoms with Gasteiger partial charge in [-0.15, -0.1) is 11.8 Å². The number of thioether (sulfide) groups is 1. The summed E-state index contributed by atoms with van der Waals surface area (Å²) >= 11 is 7.34. The van der Waals surface area contributed by atoms with Gasteiger partial charge in [-0.05, 0) is 68.8 Å². The first-order valence-electron chi connectivity index (χ1n) is 11.6. The highest BCUT2D eigenvalue weighted by Gasteiger charge is 2.61. The van der Waals surface area contributed by atoms with Crippen LogP contribution < -0.4 is 4.74 Å². The number of carbonyl (C=O) groups is 1. The zero-order valence-corrected chi connectivity index (χ0v) is 22.2. The third kappa shape index (κ3) is 4.73. The Balaban J connectivity index is 1.74. The Morgan fingerprint density at radius 1 is 1.22 bits per heavy atom. The van der Waals surface area contributed by atoms with Gasteiger partial charge in [-0.3, -0.25) is 4.79 Å². The van der Waals surface area contributed by atoms with Crippen LogP contribution in [0.25, 0.3) is 0 Å². The van der Waals surface area contributed by atoms with E-state index < -0.39 is 43.5 Å². The molecule has 0 bridgehead atoms. The zero-order chi connectivity index (χ0) is 26.1. The van der Waals surface area contributed by atoms with Crippen LogP contribution in [0, 0.1) is 17.6 Å². The molecule has 0 N–H and O–H groups in total. The lowest BCUT2D eigenvalue weighted by Crippen LogP contribution is -2.57. The minimum atomic E-state index is -4.25. The summed E-state index contributed by atoms with van der Waals surface area (Å²) in [6.45, 7) is 3.61. The molecule has 1 unspecified atom stereocenters. The van der Waals surface area contributed by atoms with Crippen LogP contribution in [0.1, 0.15) is 32.3 Å². The highest BCUT2D eigenvalue weighted by Crippen LogP contribution is 2.56. The fourth-order valence-corrected chi connectivity index (χ4v) is 8.42. The maximum Gasteiger partial charge on any atom is 0.318 e. The lowest BCUT2D eigenvalue weighted by molar-refractivity contribution is -0.142. The van der Waals surface area contributed by atoms with Crippen molar-refractivity contribution in [2.45, 2.75) is 47.7 Å². The molecule has 1 fully saturated rings. The molecule has 1 saturated heterocycles. The van der Waals surface area contributed by atoms with E-state index in [0.29, 0.717) is 17.2 Å². The second-order valence-electron chi connectivity index (χ2n) is 8.71. The molecule has 0 saturated carbocycles. The van der Waals surface area contributed by atoms with Crippen molar-refractivity contribution >= 4 is 39.2 Å². The lowest BCUT2D eigenvalue weighted by atomic mass is 9.75. The van der Waals surface area contributed by atoms with Crippen molar-refractivity contribution in [3.8, 4) is 5.75 Å². The molecule has 0 spiro atoms. The molecule has 4 rings (SSSR count). The minimum absolute atomic E-state index is 0.0292. The first-order chi connectivity index (χ1) is 17.1. The summed E-state index contributed by atoms with van der Waals surface area (Å²) in [6.07, 6.45) is -0.312. The van der Waals surface area contributed by atoms with E-state index in [1.54, 1.807) is 13.8 Å². The number of carbonyl (C=O) groups excluding carboxylic acids is 1. The van der Waals surface area contributed by atoms with Gasteiger partial charge in [0.25, 0.3) is 0 Å². The molecule has 11 heteroatoms. The smallest absolute Gasteiger partial charge is 0.318 e. The van der Waals surface area contributed by atoms with Crippen LogP contribution in [0.3, 0.4) is 0 Å². The van der Waals surface area contributed by atoms with Crippen molar-refractivity contribution in [1.29, 1.82) is 0 Å². The third-order valence-corrected chi connectivity index (χ3v) is 10.7. The molecule has 6 nitrogen and oxygen atoms in total. The van der Waals surface area contributed by atoms with E-state index in [2.05, 4.69) is 0 Å². The van der Waals surface area contributed by atoms with Crippen LogP contribution in [0.4, 0.5) is 8.78 Å². The summed E-state index contributed by atoms with van der Waals surface area (Å²) < 4.78 is 73.5. The fraction of sp³-hybridized carbons (Fsp3) is 0.480. The molecule has 2 heterocycles. The number of ether oxygens (including phenoxy) is 3. The number of halogens is 3. The summed E-state index contributed by atoms with van der Waals surface area (Å²) in [4.78, 5) is 11.9. The molecule has 0 aliphatic carbocycles. The van der Waals surface area contributed by atoms with E-state index in [-0.39, 0.29) is 48.4 Å². The van der Waals surface area contributed by atoms with E-state index >= 15 is 4.39 Å². The number of sulfone groups is 1. The zero-order valence-electron chi connectivity index (χ0n) is 19.8. The van der Waals surface area contributed by atoms with Crippen LogP contribution in [0.15, 0.2) is 41.3 Å². The molecule has 2 aliphatic rings. The molecule has 4 atom stereocenters. The molecule has 0 aromatic heterocycles. The van der Waals surface area contributed by atoms with Gasteiger partial charge >= 0.3 is 5.97 Å². The van der Waals surface area contributed by atoms with Gasteiger partial charge in [0.15, 0.2) is 21.4 Å². The second-order valence-corrected chi connectivity index (χ2v) is 12.8. The largest absolute Gasteiger partial charge is 0.490 e. The van der Waals surface area contributed by atoms with Gasteiger partial charge < -0.3 is 14.2 Å². The number of fused-ring (bicyclic) bond motifs is 3. The summed E-state index contributed by atoms with van der Waals surface area (Å²) in [5.41, 5.74) is -0.297. The lowest BCUT2D eigenvalue weighted by Gasteiger charge is -2.50. The molecule has 196 valence electrons. The van der Waals surface area contributed by atoms with E-state index in [1.165, 1.54) is 36.0 Å². The predicted molar refractivity (Wildman–Crippen MR) is 133 cm³/mol. The molecular formula is C25H27ClF2O6S2. The summed E-state index contributed by atoms with van der Waals surface area (Å²) in [7, 11) is -4.25. The summed E-state index contributed by atoms with van der Waals surface area (Å²) in [5, 5.41) is -0.0591. The standard InChI is InChI=1S/C25H27ClF2O6S2/c1-3-32-24(29)15(2)35-13-10-21-18-14-34-23-20(28)9-8-19(27)22(23)25(18,11-12-33-21)36(30,31)17-6-4-16(26)5-7-17/h4-9,15,18,21H,3,10-14H2,1-2H3/t15?,18-,21-,25-/m0/s1. The molecule has 36 heavy (non-hydrogen) atoms. The van der Waals surface area contributed by atoms with Gasteiger partial charge in [-0.25, -0.2) is 17.2 Å². The van der Waals surface area contributed by atoms with E-state index in [1.807, 2.05) is 0 Å². The van der Waals surface area contributed by atoms with Crippen molar-refractivity contribution < 1.29 is 36.2 Å². The number of hydrogen-bond donors (Lipinski definition) is 0. The molecule has 2 aromatic carbocycles. The Hall–Kier alpha value is -1.88. The molecular weight excluding hydrogens is 534 g/mol.